The molecule has 0 spiro atoms. The van der Waals surface area contributed by atoms with Crippen molar-refractivity contribution < 1.29 is 5.79 Å². The number of hydrogen-bond donors (Lipinski definition) is 0. The summed E-state index contributed by atoms with van der Waals surface area (Å²) in [5.41, 5.74) is 11.3. The SMILES string of the molecule is [2H]c1ccc2cc(-c3c4ccccc4c(-c4ccccc4-c4ccc5oc6cc(-c7ccccc7)ccc6c5c4)c4ccccc34)ccc2c1. The van der Waals surface area contributed by atoms with Gasteiger partial charge in [0, 0.05) is 10.8 Å². The van der Waals surface area contributed by atoms with Gasteiger partial charge in [0.2, 0.25) is 0 Å². The first-order valence-electron chi connectivity index (χ1n) is 17.3. The Bertz CT molecular complexity index is 2880. The predicted octanol–water partition coefficient (Wildman–Crippen LogP) is 13.7. The molecule has 0 aliphatic rings. The van der Waals surface area contributed by atoms with Gasteiger partial charge in [0.05, 0.1) is 1.37 Å². The first kappa shape index (κ1) is 26.6. The molecule has 9 aromatic carbocycles. The van der Waals surface area contributed by atoms with E-state index in [1.807, 2.05) is 18.2 Å². The second kappa shape index (κ2) is 11.1. The minimum atomic E-state index is 0.529. The number of hydrogen-bond acceptors (Lipinski definition) is 1. The third-order valence-electron chi connectivity index (χ3n) is 9.99. The molecular weight excluding hydrogens is 593 g/mol. The zero-order chi connectivity index (χ0) is 33.2. The summed E-state index contributed by atoms with van der Waals surface area (Å²) >= 11 is 0. The summed E-state index contributed by atoms with van der Waals surface area (Å²) in [6.45, 7) is 0. The zero-order valence-electron chi connectivity index (χ0n) is 27.7. The first-order chi connectivity index (χ1) is 24.7. The van der Waals surface area contributed by atoms with Crippen molar-refractivity contribution in [1.82, 2.24) is 0 Å². The number of fused-ring (bicyclic) bond motifs is 6. The topological polar surface area (TPSA) is 13.1 Å². The van der Waals surface area contributed by atoms with Crippen LogP contribution in [-0.4, -0.2) is 0 Å². The van der Waals surface area contributed by atoms with E-state index in [1.54, 1.807) is 0 Å². The van der Waals surface area contributed by atoms with E-state index in [1.165, 1.54) is 54.9 Å². The highest BCUT2D eigenvalue weighted by Gasteiger charge is 2.19. The Labute approximate surface area is 285 Å². The van der Waals surface area contributed by atoms with E-state index in [2.05, 4.69) is 158 Å². The summed E-state index contributed by atoms with van der Waals surface area (Å²) in [6.07, 6.45) is 0. The van der Waals surface area contributed by atoms with Crippen LogP contribution in [0.4, 0.5) is 0 Å². The quantitative estimate of drug-likeness (QED) is 0.178. The molecule has 0 saturated heterocycles. The first-order valence-corrected chi connectivity index (χ1v) is 16.8. The third kappa shape index (κ3) is 4.47. The lowest BCUT2D eigenvalue weighted by atomic mass is 9.83. The lowest BCUT2D eigenvalue weighted by Gasteiger charge is -2.20. The predicted molar refractivity (Wildman–Crippen MR) is 208 cm³/mol. The van der Waals surface area contributed by atoms with Crippen LogP contribution in [0, 0.1) is 0 Å². The van der Waals surface area contributed by atoms with Gasteiger partial charge in [-0.2, -0.15) is 0 Å². The van der Waals surface area contributed by atoms with Gasteiger partial charge in [-0.15, -0.1) is 0 Å². The second-order valence-electron chi connectivity index (χ2n) is 12.8. The molecule has 1 heterocycles. The third-order valence-corrected chi connectivity index (χ3v) is 9.99. The maximum atomic E-state index is 8.09. The fraction of sp³-hybridized carbons (Fsp3) is 0. The molecule has 0 N–H and O–H groups in total. The Kier molecular flexibility index (Phi) is 6.02. The summed E-state index contributed by atoms with van der Waals surface area (Å²) in [4.78, 5) is 0. The largest absolute Gasteiger partial charge is 0.456 e. The van der Waals surface area contributed by atoms with E-state index in [9.17, 15) is 0 Å². The molecule has 49 heavy (non-hydrogen) atoms. The molecule has 0 bridgehead atoms. The zero-order valence-corrected chi connectivity index (χ0v) is 26.7. The maximum Gasteiger partial charge on any atom is 0.136 e. The van der Waals surface area contributed by atoms with Crippen LogP contribution in [0.25, 0.3) is 98.8 Å². The van der Waals surface area contributed by atoms with Crippen LogP contribution in [0.2, 0.25) is 0 Å². The molecule has 0 aliphatic heterocycles. The van der Waals surface area contributed by atoms with Crippen molar-refractivity contribution in [2.24, 2.45) is 0 Å². The Hall–Kier alpha value is -6.44. The van der Waals surface area contributed by atoms with E-state index in [0.717, 1.165) is 43.8 Å². The van der Waals surface area contributed by atoms with Gasteiger partial charge in [-0.3, -0.25) is 0 Å². The minimum Gasteiger partial charge on any atom is -0.456 e. The van der Waals surface area contributed by atoms with Gasteiger partial charge in [0.1, 0.15) is 11.2 Å². The molecule has 0 unspecified atom stereocenters. The second-order valence-corrected chi connectivity index (χ2v) is 12.8. The van der Waals surface area contributed by atoms with Crippen molar-refractivity contribution in [1.29, 1.82) is 0 Å². The lowest BCUT2D eigenvalue weighted by Crippen LogP contribution is -1.92. The fourth-order valence-electron chi connectivity index (χ4n) is 7.72. The fourth-order valence-corrected chi connectivity index (χ4v) is 7.72. The normalized spacial score (nSPS) is 12.0. The van der Waals surface area contributed by atoms with Crippen LogP contribution < -0.4 is 0 Å². The number of rotatable bonds is 4. The Balaban J connectivity index is 1.18. The summed E-state index contributed by atoms with van der Waals surface area (Å²) in [7, 11) is 0. The highest BCUT2D eigenvalue weighted by atomic mass is 16.3. The maximum absolute atomic E-state index is 8.09. The van der Waals surface area contributed by atoms with Crippen molar-refractivity contribution in [2.45, 2.75) is 0 Å². The van der Waals surface area contributed by atoms with Crippen LogP contribution in [0.3, 0.4) is 0 Å². The van der Waals surface area contributed by atoms with Gasteiger partial charge in [0.15, 0.2) is 0 Å². The van der Waals surface area contributed by atoms with Crippen molar-refractivity contribution >= 4 is 54.3 Å². The molecule has 228 valence electrons. The van der Waals surface area contributed by atoms with Crippen LogP contribution in [0.1, 0.15) is 1.37 Å². The van der Waals surface area contributed by atoms with Crippen molar-refractivity contribution in [2.75, 3.05) is 0 Å². The Morgan fingerprint density at radius 1 is 0.327 bits per heavy atom. The molecule has 0 atom stereocenters. The van der Waals surface area contributed by atoms with Gasteiger partial charge in [0.25, 0.3) is 0 Å². The summed E-state index contributed by atoms with van der Waals surface area (Å²) in [5.74, 6) is 0. The van der Waals surface area contributed by atoms with Crippen LogP contribution in [0.5, 0.6) is 0 Å². The van der Waals surface area contributed by atoms with Crippen molar-refractivity contribution in [3.05, 3.63) is 182 Å². The van der Waals surface area contributed by atoms with E-state index < -0.39 is 0 Å². The van der Waals surface area contributed by atoms with E-state index >= 15 is 0 Å². The molecule has 1 aromatic heterocycles. The molecule has 0 saturated carbocycles. The Morgan fingerprint density at radius 2 is 0.980 bits per heavy atom. The average molecular weight is 624 g/mol. The van der Waals surface area contributed by atoms with Crippen LogP contribution in [-0.2, 0) is 0 Å². The van der Waals surface area contributed by atoms with E-state index in [-0.39, 0.29) is 0 Å². The highest BCUT2D eigenvalue weighted by Crippen LogP contribution is 2.47. The molecule has 1 heteroatoms. The van der Waals surface area contributed by atoms with Gasteiger partial charge >= 0.3 is 0 Å². The summed E-state index contributed by atoms with van der Waals surface area (Å²) in [6, 6.07) is 63.0. The van der Waals surface area contributed by atoms with Crippen LogP contribution in [0.15, 0.2) is 186 Å². The van der Waals surface area contributed by atoms with E-state index in [0.29, 0.717) is 6.04 Å². The Morgan fingerprint density at radius 3 is 1.76 bits per heavy atom. The molecule has 10 rings (SSSR count). The molecular formula is C48H30O. The van der Waals surface area contributed by atoms with Crippen molar-refractivity contribution in [3.8, 4) is 44.5 Å². The monoisotopic (exact) mass is 623 g/mol. The van der Waals surface area contributed by atoms with Crippen LogP contribution >= 0.6 is 0 Å². The average Bonchev–Trinajstić information content (AvgIpc) is 3.54. The van der Waals surface area contributed by atoms with Crippen molar-refractivity contribution in [3.63, 3.8) is 0 Å². The van der Waals surface area contributed by atoms with E-state index in [4.69, 9.17) is 5.79 Å². The van der Waals surface area contributed by atoms with Gasteiger partial charge in [-0.25, -0.2) is 0 Å². The summed E-state index contributed by atoms with van der Waals surface area (Å²) < 4.78 is 14.5. The van der Waals surface area contributed by atoms with Gasteiger partial charge < -0.3 is 4.42 Å². The number of benzene rings is 9. The minimum absolute atomic E-state index is 0.529. The highest BCUT2D eigenvalue weighted by molar-refractivity contribution is 6.23. The molecule has 10 aromatic rings. The number of furan rings is 1. The van der Waals surface area contributed by atoms with Gasteiger partial charge in [-0.05, 0) is 107 Å². The molecule has 1 nitrogen and oxygen atoms in total. The molecule has 0 radical (unpaired) electrons. The summed E-state index contributed by atoms with van der Waals surface area (Å²) in [5, 5.41) is 9.34. The lowest BCUT2D eigenvalue weighted by molar-refractivity contribution is 0.669. The van der Waals surface area contributed by atoms with Gasteiger partial charge in [-0.1, -0.05) is 152 Å². The molecule has 0 amide bonds. The molecule has 0 aliphatic carbocycles. The smallest absolute Gasteiger partial charge is 0.136 e. The standard InChI is InChI=1S/C48H30O/c1-2-12-31(13-3-1)34-24-26-38-44-29-35(25-27-45(44)49-46(38)30-34)37-16-6-7-17-39(37)48-42-20-10-8-18-40(42)47(41-19-9-11-21-43(41)48)36-23-22-32-14-4-5-15-33(32)28-36/h1-30H/i4D. The molecule has 0 fully saturated rings.